The Hall–Kier alpha value is -0.940. The summed E-state index contributed by atoms with van der Waals surface area (Å²) in [6, 6.07) is 4.42. The average Bonchev–Trinajstić information content (AvgIpc) is 2.63. The molecule has 0 aliphatic rings. The van der Waals surface area contributed by atoms with Gasteiger partial charge in [0.05, 0.1) is 16.9 Å². The number of aromatic nitrogens is 2. The Morgan fingerprint density at radius 2 is 2.29 bits per heavy atom. The van der Waals surface area contributed by atoms with E-state index < -0.39 is 10.8 Å². The highest BCUT2D eigenvalue weighted by molar-refractivity contribution is 7.84. The lowest BCUT2D eigenvalue weighted by Gasteiger charge is -2.06. The fourth-order valence-electron chi connectivity index (χ4n) is 1.72. The largest absolute Gasteiger partial charge is 0.326 e. The molecule has 2 rings (SSSR count). The molecule has 0 spiro atoms. The Bertz CT molecular complexity index is 570. The van der Waals surface area contributed by atoms with Crippen molar-refractivity contribution in [1.29, 1.82) is 0 Å². The van der Waals surface area contributed by atoms with Gasteiger partial charge in [-0.25, -0.2) is 9.37 Å². The molecule has 0 N–H and O–H groups in total. The maximum absolute atomic E-state index is 13.2. The number of aryl methyl sites for hydroxylation is 1. The van der Waals surface area contributed by atoms with Crippen LogP contribution in [0.4, 0.5) is 4.39 Å². The fraction of sp³-hybridized carbons (Fsp3) is 0.364. The van der Waals surface area contributed by atoms with Crippen molar-refractivity contribution < 1.29 is 8.60 Å². The number of benzene rings is 1. The third-order valence-electron chi connectivity index (χ3n) is 2.51. The van der Waals surface area contributed by atoms with Crippen LogP contribution in [0.25, 0.3) is 11.0 Å². The third kappa shape index (κ3) is 2.66. The van der Waals surface area contributed by atoms with Gasteiger partial charge in [-0.15, -0.1) is 11.6 Å². The van der Waals surface area contributed by atoms with E-state index in [1.807, 2.05) is 4.57 Å². The first kappa shape index (κ1) is 12.5. The molecule has 0 aliphatic carbocycles. The molecule has 3 nitrogen and oxygen atoms in total. The molecule has 0 radical (unpaired) electrons. The van der Waals surface area contributed by atoms with Gasteiger partial charge in [-0.05, 0) is 18.2 Å². The van der Waals surface area contributed by atoms with E-state index in [1.54, 1.807) is 12.3 Å². The van der Waals surface area contributed by atoms with Gasteiger partial charge in [0.15, 0.2) is 0 Å². The van der Waals surface area contributed by atoms with Gasteiger partial charge in [-0.2, -0.15) is 0 Å². The molecular formula is C11H12ClFN2OS. The Kier molecular flexibility index (Phi) is 3.79. The highest BCUT2D eigenvalue weighted by atomic mass is 35.5. The van der Waals surface area contributed by atoms with Crippen LogP contribution in [-0.2, 0) is 23.2 Å². The van der Waals surface area contributed by atoms with Gasteiger partial charge in [0.2, 0.25) is 0 Å². The van der Waals surface area contributed by atoms with Crippen LogP contribution in [0.3, 0.4) is 0 Å². The van der Waals surface area contributed by atoms with E-state index in [-0.39, 0.29) is 11.7 Å². The zero-order valence-electron chi connectivity index (χ0n) is 9.32. The van der Waals surface area contributed by atoms with Crippen LogP contribution in [0.1, 0.15) is 5.82 Å². The molecule has 0 aliphatic heterocycles. The molecule has 0 fully saturated rings. The molecule has 1 aromatic heterocycles. The lowest BCUT2D eigenvalue weighted by Crippen LogP contribution is -2.09. The molecule has 1 heterocycles. The summed E-state index contributed by atoms with van der Waals surface area (Å²) < 4.78 is 26.1. The summed E-state index contributed by atoms with van der Waals surface area (Å²) in [6.07, 6.45) is 1.64. The van der Waals surface area contributed by atoms with Crippen molar-refractivity contribution in [3.05, 3.63) is 29.8 Å². The predicted octanol–water partition coefficient (Wildman–Crippen LogP) is 2.29. The first-order valence-corrected chi connectivity index (χ1v) is 7.38. The van der Waals surface area contributed by atoms with Crippen molar-refractivity contribution in [2.75, 3.05) is 12.0 Å². The van der Waals surface area contributed by atoms with Crippen LogP contribution in [0.15, 0.2) is 18.2 Å². The molecule has 0 saturated carbocycles. The van der Waals surface area contributed by atoms with Crippen LogP contribution in [0, 0.1) is 5.82 Å². The number of fused-ring (bicyclic) bond motifs is 1. The molecule has 1 unspecified atom stereocenters. The molecule has 0 saturated heterocycles. The summed E-state index contributed by atoms with van der Waals surface area (Å²) in [5.41, 5.74) is 1.41. The minimum absolute atomic E-state index is 0.257. The molecule has 1 atom stereocenters. The summed E-state index contributed by atoms with van der Waals surface area (Å²) in [4.78, 5) is 4.32. The number of imidazole rings is 1. The maximum atomic E-state index is 13.2. The van der Waals surface area contributed by atoms with Crippen LogP contribution in [-0.4, -0.2) is 25.8 Å². The summed E-state index contributed by atoms with van der Waals surface area (Å²) in [6.45, 7) is 0.533. The fourth-order valence-corrected chi connectivity index (χ4v) is 2.36. The molecule has 17 heavy (non-hydrogen) atoms. The highest BCUT2D eigenvalue weighted by Gasteiger charge is 2.10. The second-order valence-corrected chi connectivity index (χ2v) is 5.55. The summed E-state index contributed by atoms with van der Waals surface area (Å²) in [5, 5.41) is 0. The molecule has 0 bridgehead atoms. The normalized spacial score (nSPS) is 13.1. The number of rotatable bonds is 4. The van der Waals surface area contributed by atoms with Crippen LogP contribution >= 0.6 is 11.6 Å². The van der Waals surface area contributed by atoms with Crippen molar-refractivity contribution in [1.82, 2.24) is 9.55 Å². The van der Waals surface area contributed by atoms with E-state index in [4.69, 9.17) is 11.6 Å². The monoisotopic (exact) mass is 274 g/mol. The highest BCUT2D eigenvalue weighted by Crippen LogP contribution is 2.18. The summed E-state index contributed by atoms with van der Waals surface area (Å²) in [5.74, 6) is 1.13. The van der Waals surface area contributed by atoms with Gasteiger partial charge in [0, 0.05) is 29.4 Å². The average molecular weight is 275 g/mol. The quantitative estimate of drug-likeness (QED) is 0.802. The minimum atomic E-state index is -0.894. The standard InChI is InChI=1S/C11H12ClFN2OS/c1-17(16)5-4-15-10-6-8(13)2-3-9(10)14-11(15)7-12/h2-3,6H,4-5,7H2,1H3. The van der Waals surface area contributed by atoms with E-state index >= 15 is 0 Å². The SMILES string of the molecule is CS(=O)CCn1c(CCl)nc2ccc(F)cc21. The minimum Gasteiger partial charge on any atom is -0.326 e. The van der Waals surface area contributed by atoms with Gasteiger partial charge >= 0.3 is 0 Å². The van der Waals surface area contributed by atoms with E-state index in [9.17, 15) is 8.60 Å². The zero-order chi connectivity index (χ0) is 12.4. The molecular weight excluding hydrogens is 263 g/mol. The van der Waals surface area contributed by atoms with E-state index in [0.29, 0.717) is 29.2 Å². The predicted molar refractivity (Wildman–Crippen MR) is 68.2 cm³/mol. The summed E-state index contributed by atoms with van der Waals surface area (Å²) >= 11 is 5.81. The first-order chi connectivity index (χ1) is 8.11. The Balaban J connectivity index is 2.48. The van der Waals surface area contributed by atoms with Gasteiger partial charge in [0.1, 0.15) is 11.6 Å². The Labute approximate surface area is 106 Å². The van der Waals surface area contributed by atoms with E-state index in [1.165, 1.54) is 12.1 Å². The van der Waals surface area contributed by atoms with Crippen molar-refractivity contribution in [3.8, 4) is 0 Å². The molecule has 92 valence electrons. The van der Waals surface area contributed by atoms with Crippen LogP contribution in [0.2, 0.25) is 0 Å². The number of halogens is 2. The molecule has 1 aromatic carbocycles. The van der Waals surface area contributed by atoms with Gasteiger partial charge in [-0.3, -0.25) is 4.21 Å². The summed E-state index contributed by atoms with van der Waals surface area (Å²) in [7, 11) is -0.894. The second kappa shape index (κ2) is 5.14. The van der Waals surface area contributed by atoms with Crippen LogP contribution in [0.5, 0.6) is 0 Å². The van der Waals surface area contributed by atoms with Gasteiger partial charge in [0.25, 0.3) is 0 Å². The lowest BCUT2D eigenvalue weighted by atomic mass is 10.3. The maximum Gasteiger partial charge on any atom is 0.125 e. The van der Waals surface area contributed by atoms with Gasteiger partial charge in [-0.1, -0.05) is 0 Å². The second-order valence-electron chi connectivity index (χ2n) is 3.72. The smallest absolute Gasteiger partial charge is 0.125 e. The van der Waals surface area contributed by atoms with Crippen molar-refractivity contribution in [2.45, 2.75) is 12.4 Å². The van der Waals surface area contributed by atoms with Crippen molar-refractivity contribution >= 4 is 33.4 Å². The Morgan fingerprint density at radius 3 is 2.94 bits per heavy atom. The van der Waals surface area contributed by atoms with Crippen LogP contribution < -0.4 is 0 Å². The number of hydrogen-bond donors (Lipinski definition) is 0. The van der Waals surface area contributed by atoms with Gasteiger partial charge < -0.3 is 4.57 Å². The molecule has 0 amide bonds. The van der Waals surface area contributed by atoms with E-state index in [0.717, 1.165) is 0 Å². The topological polar surface area (TPSA) is 34.9 Å². The molecule has 2 aromatic rings. The first-order valence-electron chi connectivity index (χ1n) is 5.12. The Morgan fingerprint density at radius 1 is 1.53 bits per heavy atom. The van der Waals surface area contributed by atoms with E-state index in [2.05, 4.69) is 4.98 Å². The number of hydrogen-bond acceptors (Lipinski definition) is 2. The lowest BCUT2D eigenvalue weighted by molar-refractivity contribution is 0.628. The number of alkyl halides is 1. The third-order valence-corrected chi connectivity index (χ3v) is 3.51. The zero-order valence-corrected chi connectivity index (χ0v) is 10.9. The van der Waals surface area contributed by atoms with Crippen molar-refractivity contribution in [2.24, 2.45) is 0 Å². The van der Waals surface area contributed by atoms with Crippen molar-refractivity contribution in [3.63, 3.8) is 0 Å². The molecule has 6 heteroatoms. The number of nitrogens with zero attached hydrogens (tertiary/aromatic N) is 2.